The highest BCUT2D eigenvalue weighted by Gasteiger charge is 2.37. The minimum absolute atomic E-state index is 0.0445. The minimum Gasteiger partial charge on any atom is -0.444 e. The number of hydrogen-bond acceptors (Lipinski definition) is 8. The number of rotatable bonds is 13. The molecule has 216 valence electrons. The van der Waals surface area contributed by atoms with Crippen molar-refractivity contribution in [3.05, 3.63) is 60.2 Å². The van der Waals surface area contributed by atoms with Crippen LogP contribution in [0.3, 0.4) is 0 Å². The normalized spacial score (nSPS) is 22.4. The highest BCUT2D eigenvalue weighted by atomic mass is 32.2. The number of hydrogen-bond donors (Lipinski definition) is 4. The molecule has 3 unspecified atom stereocenters. The Morgan fingerprint density at radius 3 is 2.56 bits per heavy atom. The van der Waals surface area contributed by atoms with Gasteiger partial charge in [0.15, 0.2) is 0 Å². The Morgan fingerprint density at radius 1 is 1.28 bits per heavy atom. The lowest BCUT2D eigenvalue weighted by molar-refractivity contribution is 0.0601. The van der Waals surface area contributed by atoms with E-state index >= 15 is 0 Å². The molecule has 14 heteroatoms. The number of carbonyl (C=O) groups is 1. The molecule has 0 aliphatic carbocycles. The Hall–Kier alpha value is -2.51. The van der Waals surface area contributed by atoms with E-state index in [4.69, 9.17) is 32.1 Å². The summed E-state index contributed by atoms with van der Waals surface area (Å²) in [6.45, 7) is -13.4. The molecular weight excluding hydrogens is 549 g/mol. The van der Waals surface area contributed by atoms with Gasteiger partial charge in [0.2, 0.25) is 10.0 Å². The number of phosphoric acid groups is 1. The van der Waals surface area contributed by atoms with Gasteiger partial charge < -0.3 is 30.3 Å². The quantitative estimate of drug-likeness (QED) is 0.199. The molecule has 3 rings (SSSR count). The molecule has 5 N–H and O–H groups in total. The molecular formula is C25H36N3O9PS. The maximum absolute atomic E-state index is 14.1. The lowest BCUT2D eigenvalue weighted by Crippen LogP contribution is -2.52. The molecule has 0 aromatic heterocycles. The number of phosphoric ester groups is 1. The number of nitrogens with zero attached hydrogens (tertiary/aromatic N) is 1. The predicted molar refractivity (Wildman–Crippen MR) is 144 cm³/mol. The average Bonchev–Trinajstić information content (AvgIpc) is 3.46. The first-order chi connectivity index (χ1) is 21.9. The van der Waals surface area contributed by atoms with E-state index in [0.29, 0.717) is 12.0 Å². The number of alkyl carbamates (subject to hydrolysis) is 1. The summed E-state index contributed by atoms with van der Waals surface area (Å²) in [5.74, 6) is -4.19. The second-order valence-corrected chi connectivity index (χ2v) is 11.6. The summed E-state index contributed by atoms with van der Waals surface area (Å²) in [6.07, 6.45) is -4.10. The van der Waals surface area contributed by atoms with Crippen LogP contribution in [0.25, 0.3) is 0 Å². The fraction of sp³-hybridized carbons (Fsp3) is 0.480. The molecule has 3 atom stereocenters. The molecule has 2 aromatic carbocycles. The second kappa shape index (κ2) is 13.7. The summed E-state index contributed by atoms with van der Waals surface area (Å²) in [5, 5.41) is 2.36. The van der Waals surface area contributed by atoms with Gasteiger partial charge in [0, 0.05) is 37.5 Å². The number of nitrogens with two attached hydrogens (primary N) is 1. The van der Waals surface area contributed by atoms with Crippen molar-refractivity contribution < 1.29 is 53.9 Å². The van der Waals surface area contributed by atoms with Gasteiger partial charge in [-0.2, -0.15) is 4.31 Å². The van der Waals surface area contributed by atoms with E-state index < -0.39 is 79.7 Å². The smallest absolute Gasteiger partial charge is 0.444 e. The third kappa shape index (κ3) is 9.87. The van der Waals surface area contributed by atoms with Crippen LogP contribution >= 0.6 is 7.82 Å². The summed E-state index contributed by atoms with van der Waals surface area (Å²) >= 11 is 0. The number of ether oxygens (including phenoxy) is 2. The number of carbonyl (C=O) groups excluding carboxylic acids is 1. The zero-order chi connectivity index (χ0) is 36.3. The molecule has 1 heterocycles. The predicted octanol–water partition coefficient (Wildman–Crippen LogP) is 2.52. The van der Waals surface area contributed by atoms with Crippen molar-refractivity contribution in [1.29, 1.82) is 0 Å². The Balaban J connectivity index is 2.25. The molecule has 39 heavy (non-hydrogen) atoms. The van der Waals surface area contributed by atoms with Gasteiger partial charge in [0.05, 0.1) is 24.2 Å². The maximum atomic E-state index is 14.1. The Bertz CT molecular complexity index is 1540. The minimum atomic E-state index is -5.64. The van der Waals surface area contributed by atoms with Crippen LogP contribution in [0, 0.1) is 5.89 Å². The second-order valence-electron chi connectivity index (χ2n) is 8.56. The number of sulfonamides is 1. The van der Waals surface area contributed by atoms with Gasteiger partial charge >= 0.3 is 13.9 Å². The molecule has 1 saturated heterocycles. The number of benzene rings is 2. The van der Waals surface area contributed by atoms with E-state index in [0.717, 1.165) is 24.3 Å². The number of anilines is 1. The molecule has 1 fully saturated rings. The lowest BCUT2D eigenvalue weighted by atomic mass is 10.0. The van der Waals surface area contributed by atoms with Gasteiger partial charge in [-0.15, -0.1) is 0 Å². The van der Waals surface area contributed by atoms with E-state index in [1.807, 2.05) is 0 Å². The molecule has 0 bridgehead atoms. The highest BCUT2D eigenvalue weighted by molar-refractivity contribution is 7.89. The number of nitrogens with one attached hydrogen (secondary N) is 1. The standard InChI is InChI=1S/C25H36N3O9PS/c1-18(2)15-28(39(33,34)22-10-8-20(26)9-11-22)16-24(37-38(30,31)32)23(14-19-6-4-3-5-7-19)27-25(29)36-21-12-13-35-17-21/h3-11,18,21,23-24H,12-17,26H2,1-2H3,(H,27,29)(H2,30,31,32)/i1D3,2D3,15D2,18D. The van der Waals surface area contributed by atoms with Gasteiger partial charge in [0.1, 0.15) is 12.2 Å². The Morgan fingerprint density at radius 2 is 1.97 bits per heavy atom. The first-order valence-electron chi connectivity index (χ1n) is 16.1. The van der Waals surface area contributed by atoms with Crippen molar-refractivity contribution >= 4 is 29.6 Å². The van der Waals surface area contributed by atoms with Crippen LogP contribution in [0.2, 0.25) is 0 Å². The SMILES string of the molecule is [2H]C([2H])([2H])C([2H])(C([2H])([2H])[2H])C([2H])([2H])N(CC(OP(=O)(O)O)C(Cc1ccccc1)NC(=O)OC1CCOC1)S(=O)(=O)c1ccc(N)cc1. The lowest BCUT2D eigenvalue weighted by Gasteiger charge is -2.33. The van der Waals surface area contributed by atoms with Gasteiger partial charge in [-0.3, -0.25) is 4.52 Å². The fourth-order valence-electron chi connectivity index (χ4n) is 3.76. The van der Waals surface area contributed by atoms with Crippen molar-refractivity contribution in [3.8, 4) is 0 Å². The first-order valence-corrected chi connectivity index (χ1v) is 14.6. The van der Waals surface area contributed by atoms with Gasteiger partial charge in [0.25, 0.3) is 0 Å². The third-order valence-corrected chi connectivity index (χ3v) is 7.77. The molecule has 1 aliphatic heterocycles. The van der Waals surface area contributed by atoms with Crippen LogP contribution in [-0.2, 0) is 35.0 Å². The zero-order valence-electron chi connectivity index (χ0n) is 29.6. The van der Waals surface area contributed by atoms with Crippen LogP contribution in [-0.4, -0.2) is 73.1 Å². The largest absolute Gasteiger partial charge is 0.469 e. The summed E-state index contributed by atoms with van der Waals surface area (Å²) in [7, 11) is -11.0. The van der Waals surface area contributed by atoms with Crippen molar-refractivity contribution in [1.82, 2.24) is 9.62 Å². The van der Waals surface area contributed by atoms with E-state index in [9.17, 15) is 27.6 Å². The van der Waals surface area contributed by atoms with Gasteiger partial charge in [-0.25, -0.2) is 17.8 Å². The summed E-state index contributed by atoms with van der Waals surface area (Å²) in [6, 6.07) is 10.2. The zero-order valence-corrected chi connectivity index (χ0v) is 22.3. The number of nitrogen functional groups attached to an aromatic ring is 1. The maximum Gasteiger partial charge on any atom is 0.469 e. The molecule has 0 spiro atoms. The van der Waals surface area contributed by atoms with Crippen LogP contribution in [0.5, 0.6) is 0 Å². The van der Waals surface area contributed by atoms with Crippen LogP contribution in [0.4, 0.5) is 10.5 Å². The topological polar surface area (TPSA) is 178 Å². The molecule has 1 amide bonds. The summed E-state index contributed by atoms with van der Waals surface area (Å²) in [5.41, 5.74) is 6.12. The molecule has 0 saturated carbocycles. The molecule has 1 aliphatic rings. The van der Waals surface area contributed by atoms with Crippen LogP contribution in [0.15, 0.2) is 59.5 Å². The highest BCUT2D eigenvalue weighted by Crippen LogP contribution is 2.39. The molecule has 2 aromatic rings. The third-order valence-electron chi connectivity index (χ3n) is 5.54. The number of amides is 1. The van der Waals surface area contributed by atoms with E-state index in [1.165, 1.54) is 0 Å². The first kappa shape index (κ1) is 20.4. The Labute approximate surface area is 241 Å². The van der Waals surface area contributed by atoms with Crippen LogP contribution in [0.1, 0.15) is 38.0 Å². The van der Waals surface area contributed by atoms with Crippen LogP contribution < -0.4 is 11.1 Å². The fourth-order valence-corrected chi connectivity index (χ4v) is 5.61. The monoisotopic (exact) mass is 594 g/mol. The van der Waals surface area contributed by atoms with Gasteiger partial charge in [-0.05, 0) is 42.1 Å². The average molecular weight is 595 g/mol. The van der Waals surface area contributed by atoms with Crippen molar-refractivity contribution in [2.24, 2.45) is 5.89 Å². The van der Waals surface area contributed by atoms with E-state index in [1.54, 1.807) is 30.3 Å². The van der Waals surface area contributed by atoms with E-state index in [-0.39, 0.29) is 29.6 Å². The van der Waals surface area contributed by atoms with Crippen molar-refractivity contribution in [3.63, 3.8) is 0 Å². The summed E-state index contributed by atoms with van der Waals surface area (Å²) in [4.78, 5) is 32.0. The van der Waals surface area contributed by atoms with Crippen molar-refractivity contribution in [2.45, 2.75) is 49.7 Å². The van der Waals surface area contributed by atoms with Crippen molar-refractivity contribution in [2.75, 3.05) is 32.0 Å². The summed E-state index contributed by atoms with van der Waals surface area (Å²) < 4.78 is 129. The molecule has 12 nitrogen and oxygen atoms in total. The van der Waals surface area contributed by atoms with Gasteiger partial charge in [-0.1, -0.05) is 44.0 Å². The van der Waals surface area contributed by atoms with E-state index in [2.05, 4.69) is 5.32 Å². The Kier molecular flexibility index (Phi) is 7.16. The molecule has 0 radical (unpaired) electrons.